The monoisotopic (exact) mass is 199 g/mol. The van der Waals surface area contributed by atoms with E-state index in [-0.39, 0.29) is 5.91 Å². The summed E-state index contributed by atoms with van der Waals surface area (Å²) in [5, 5.41) is 5.91. The number of rotatable bonds is 5. The van der Waals surface area contributed by atoms with Crippen molar-refractivity contribution in [1.82, 2.24) is 15.6 Å². The first-order valence-electron chi connectivity index (χ1n) is 4.11. The van der Waals surface area contributed by atoms with Gasteiger partial charge in [-0.2, -0.15) is 0 Å². The molecule has 0 atom stereocenters. The minimum Gasteiger partial charge on any atom is -0.355 e. The van der Waals surface area contributed by atoms with Crippen LogP contribution in [0.1, 0.15) is 11.8 Å². The van der Waals surface area contributed by atoms with Crippen molar-refractivity contribution in [2.75, 3.05) is 13.1 Å². The standard InChI is InChI=1S/C8H13N3OS/c1-7(12)11-3-2-9-4-8-5-10-6-13-8/h5-6,9H,2-4H2,1H3,(H,11,12). The van der Waals surface area contributed by atoms with Gasteiger partial charge in [0.1, 0.15) is 0 Å². The lowest BCUT2D eigenvalue weighted by Gasteiger charge is -2.02. The van der Waals surface area contributed by atoms with E-state index in [1.165, 1.54) is 11.8 Å². The first-order valence-corrected chi connectivity index (χ1v) is 4.99. The molecule has 0 aliphatic carbocycles. The molecule has 0 aliphatic heterocycles. The molecule has 0 bridgehead atoms. The predicted octanol–water partition coefficient (Wildman–Crippen LogP) is 0.369. The van der Waals surface area contributed by atoms with E-state index < -0.39 is 0 Å². The third kappa shape index (κ3) is 4.59. The maximum atomic E-state index is 10.5. The van der Waals surface area contributed by atoms with Crippen molar-refractivity contribution in [2.24, 2.45) is 0 Å². The predicted molar refractivity (Wildman–Crippen MR) is 52.5 cm³/mol. The number of hydrogen-bond acceptors (Lipinski definition) is 4. The normalized spacial score (nSPS) is 9.92. The van der Waals surface area contributed by atoms with E-state index in [1.54, 1.807) is 11.3 Å². The van der Waals surface area contributed by atoms with Crippen molar-refractivity contribution < 1.29 is 4.79 Å². The van der Waals surface area contributed by atoms with Crippen molar-refractivity contribution in [3.63, 3.8) is 0 Å². The second kappa shape index (κ2) is 5.66. The minimum absolute atomic E-state index is 0.0135. The molecular formula is C8H13N3OS. The van der Waals surface area contributed by atoms with Gasteiger partial charge in [0.2, 0.25) is 5.91 Å². The fourth-order valence-corrected chi connectivity index (χ4v) is 1.43. The van der Waals surface area contributed by atoms with Gasteiger partial charge in [-0.25, -0.2) is 0 Å². The van der Waals surface area contributed by atoms with Gasteiger partial charge < -0.3 is 10.6 Å². The van der Waals surface area contributed by atoms with E-state index in [4.69, 9.17) is 0 Å². The lowest BCUT2D eigenvalue weighted by molar-refractivity contribution is -0.118. The largest absolute Gasteiger partial charge is 0.355 e. The van der Waals surface area contributed by atoms with E-state index in [0.29, 0.717) is 6.54 Å². The molecule has 1 rings (SSSR count). The molecule has 1 aromatic rings. The Morgan fingerprint density at radius 2 is 2.46 bits per heavy atom. The van der Waals surface area contributed by atoms with E-state index in [1.807, 2.05) is 11.7 Å². The third-order valence-electron chi connectivity index (χ3n) is 1.46. The van der Waals surface area contributed by atoms with E-state index in [9.17, 15) is 4.79 Å². The SMILES string of the molecule is CC(=O)NCCNCc1cncs1. The van der Waals surface area contributed by atoms with Crippen LogP contribution in [0.15, 0.2) is 11.7 Å². The van der Waals surface area contributed by atoms with E-state index >= 15 is 0 Å². The molecule has 0 radical (unpaired) electrons. The summed E-state index contributed by atoms with van der Waals surface area (Å²) in [5.41, 5.74) is 1.81. The molecule has 72 valence electrons. The van der Waals surface area contributed by atoms with Crippen LogP contribution < -0.4 is 10.6 Å². The molecular weight excluding hydrogens is 186 g/mol. The lowest BCUT2D eigenvalue weighted by atomic mass is 10.5. The van der Waals surface area contributed by atoms with Crippen molar-refractivity contribution in [1.29, 1.82) is 0 Å². The van der Waals surface area contributed by atoms with Gasteiger partial charge in [-0.3, -0.25) is 9.78 Å². The quantitative estimate of drug-likeness (QED) is 0.674. The summed E-state index contributed by atoms with van der Waals surface area (Å²) in [6.45, 7) is 3.80. The topological polar surface area (TPSA) is 54.0 Å². The highest BCUT2D eigenvalue weighted by Crippen LogP contribution is 2.03. The Hall–Kier alpha value is -0.940. The van der Waals surface area contributed by atoms with Crippen LogP contribution >= 0.6 is 11.3 Å². The van der Waals surface area contributed by atoms with Gasteiger partial charge in [0.25, 0.3) is 0 Å². The van der Waals surface area contributed by atoms with Crippen LogP contribution in [-0.2, 0) is 11.3 Å². The van der Waals surface area contributed by atoms with E-state index in [2.05, 4.69) is 15.6 Å². The number of nitrogens with one attached hydrogen (secondary N) is 2. The maximum absolute atomic E-state index is 10.5. The summed E-state index contributed by atoms with van der Waals surface area (Å²) in [5.74, 6) is 0.0135. The highest BCUT2D eigenvalue weighted by Gasteiger charge is 1.93. The Morgan fingerprint density at radius 1 is 1.62 bits per heavy atom. The average molecular weight is 199 g/mol. The maximum Gasteiger partial charge on any atom is 0.216 e. The summed E-state index contributed by atoms with van der Waals surface area (Å²) in [4.78, 5) is 15.7. The third-order valence-corrected chi connectivity index (χ3v) is 2.24. The van der Waals surface area contributed by atoms with Gasteiger partial charge >= 0.3 is 0 Å². The number of carbonyl (C=O) groups is 1. The van der Waals surface area contributed by atoms with Crippen molar-refractivity contribution in [3.8, 4) is 0 Å². The molecule has 0 aliphatic rings. The average Bonchev–Trinajstić information content (AvgIpc) is 2.55. The van der Waals surface area contributed by atoms with Crippen LogP contribution in [0.4, 0.5) is 0 Å². The summed E-state index contributed by atoms with van der Waals surface area (Å²) in [7, 11) is 0. The summed E-state index contributed by atoms with van der Waals surface area (Å²) >= 11 is 1.63. The Bertz CT molecular complexity index is 248. The lowest BCUT2D eigenvalue weighted by Crippen LogP contribution is -2.29. The first-order chi connectivity index (χ1) is 6.29. The first kappa shape index (κ1) is 10.1. The molecule has 2 N–H and O–H groups in total. The van der Waals surface area contributed by atoms with Crippen LogP contribution in [0.5, 0.6) is 0 Å². The second-order valence-electron chi connectivity index (χ2n) is 2.63. The minimum atomic E-state index is 0.0135. The molecule has 13 heavy (non-hydrogen) atoms. The van der Waals surface area contributed by atoms with Crippen LogP contribution in [-0.4, -0.2) is 24.0 Å². The van der Waals surface area contributed by atoms with E-state index in [0.717, 1.165) is 13.1 Å². The van der Waals surface area contributed by atoms with Gasteiger partial charge in [0.05, 0.1) is 5.51 Å². The van der Waals surface area contributed by atoms with Crippen molar-refractivity contribution in [3.05, 3.63) is 16.6 Å². The van der Waals surface area contributed by atoms with Crippen LogP contribution in [0.25, 0.3) is 0 Å². The number of hydrogen-bond donors (Lipinski definition) is 2. The fraction of sp³-hybridized carbons (Fsp3) is 0.500. The highest BCUT2D eigenvalue weighted by atomic mass is 32.1. The molecule has 0 saturated carbocycles. The molecule has 1 aromatic heterocycles. The summed E-state index contributed by atoms with van der Waals surface area (Å²) in [6.07, 6.45) is 1.84. The van der Waals surface area contributed by atoms with Gasteiger partial charge in [-0.15, -0.1) is 11.3 Å². The number of carbonyl (C=O) groups excluding carboxylic acids is 1. The Morgan fingerprint density at radius 3 is 3.08 bits per heavy atom. The van der Waals surface area contributed by atoms with Crippen LogP contribution in [0, 0.1) is 0 Å². The van der Waals surface area contributed by atoms with Crippen molar-refractivity contribution in [2.45, 2.75) is 13.5 Å². The zero-order chi connectivity index (χ0) is 9.52. The Labute approximate surface area is 81.4 Å². The van der Waals surface area contributed by atoms with Gasteiger partial charge in [-0.1, -0.05) is 0 Å². The Kier molecular flexibility index (Phi) is 4.42. The molecule has 0 saturated heterocycles. The molecule has 0 unspecified atom stereocenters. The fourth-order valence-electron chi connectivity index (χ4n) is 0.868. The smallest absolute Gasteiger partial charge is 0.216 e. The van der Waals surface area contributed by atoms with Crippen LogP contribution in [0.2, 0.25) is 0 Å². The molecule has 0 spiro atoms. The van der Waals surface area contributed by atoms with Gasteiger partial charge in [-0.05, 0) is 0 Å². The van der Waals surface area contributed by atoms with Crippen molar-refractivity contribution >= 4 is 17.2 Å². The number of amides is 1. The van der Waals surface area contributed by atoms with Crippen LogP contribution in [0.3, 0.4) is 0 Å². The molecule has 0 fully saturated rings. The molecule has 4 nitrogen and oxygen atoms in total. The summed E-state index contributed by atoms with van der Waals surface area (Å²) < 4.78 is 0. The molecule has 1 amide bonds. The zero-order valence-electron chi connectivity index (χ0n) is 7.54. The molecule has 0 aromatic carbocycles. The van der Waals surface area contributed by atoms with Gasteiger partial charge in [0.15, 0.2) is 0 Å². The zero-order valence-corrected chi connectivity index (χ0v) is 8.36. The second-order valence-corrected chi connectivity index (χ2v) is 3.60. The summed E-state index contributed by atoms with van der Waals surface area (Å²) in [6, 6.07) is 0. The molecule has 5 heteroatoms. The molecule has 1 heterocycles. The Balaban J connectivity index is 1.99. The number of nitrogens with zero attached hydrogens (tertiary/aromatic N) is 1. The highest BCUT2D eigenvalue weighted by molar-refractivity contribution is 7.09. The number of aromatic nitrogens is 1. The number of thiazole rings is 1. The van der Waals surface area contributed by atoms with Gasteiger partial charge in [0, 0.05) is 37.6 Å².